The molecule has 50 valence electrons. The summed E-state index contributed by atoms with van der Waals surface area (Å²) in [6.45, 7) is 0. The molecular formula is C8H5OS-. The van der Waals surface area contributed by atoms with E-state index in [1.165, 1.54) is 6.07 Å². The Morgan fingerprint density at radius 2 is 2.00 bits per heavy atom. The lowest BCUT2D eigenvalue weighted by molar-refractivity contribution is -0.268. The summed E-state index contributed by atoms with van der Waals surface area (Å²) in [7, 11) is 0. The van der Waals surface area contributed by atoms with Crippen molar-refractivity contribution in [2.75, 3.05) is 0 Å². The molecule has 0 aromatic heterocycles. The molecule has 10 heavy (non-hydrogen) atoms. The Labute approximate surface area is 65.1 Å². The summed E-state index contributed by atoms with van der Waals surface area (Å²) in [4.78, 5) is 0. The largest absolute Gasteiger partial charge is 0.872 e. The lowest BCUT2D eigenvalue weighted by atomic mass is 10.2. The molecule has 0 bridgehead atoms. The van der Waals surface area contributed by atoms with Crippen LogP contribution in [0.5, 0.6) is 5.75 Å². The van der Waals surface area contributed by atoms with Gasteiger partial charge >= 0.3 is 0 Å². The Morgan fingerprint density at radius 1 is 1.30 bits per heavy atom. The minimum atomic E-state index is -0.0518. The van der Waals surface area contributed by atoms with Crippen molar-refractivity contribution < 1.29 is 5.11 Å². The molecule has 0 fully saturated rings. The summed E-state index contributed by atoms with van der Waals surface area (Å²) in [6.07, 6.45) is 0. The fourth-order valence-electron chi connectivity index (χ4n) is 0.630. The number of hydrogen-bond donors (Lipinski definition) is 1. The van der Waals surface area contributed by atoms with Crippen LogP contribution in [-0.4, -0.2) is 0 Å². The highest BCUT2D eigenvalue weighted by molar-refractivity contribution is 7.85. The molecular weight excluding hydrogens is 144 g/mol. The summed E-state index contributed by atoms with van der Waals surface area (Å²) in [6, 6.07) is 6.61. The van der Waals surface area contributed by atoms with Crippen molar-refractivity contribution in [1.29, 1.82) is 0 Å². The first-order valence-corrected chi connectivity index (χ1v) is 3.20. The van der Waals surface area contributed by atoms with E-state index in [4.69, 9.17) is 0 Å². The lowest BCUT2D eigenvalue weighted by Crippen LogP contribution is -1.91. The third kappa shape index (κ3) is 1.46. The Morgan fingerprint density at radius 3 is 2.60 bits per heavy atom. The summed E-state index contributed by atoms with van der Waals surface area (Å²) in [5.74, 6) is 2.53. The molecule has 2 heteroatoms. The molecule has 0 unspecified atom stereocenters. The molecule has 0 aliphatic rings. The zero-order valence-corrected chi connectivity index (χ0v) is 6.06. The highest BCUT2D eigenvalue weighted by atomic mass is 32.1. The van der Waals surface area contributed by atoms with E-state index < -0.39 is 0 Å². The Kier molecular flexibility index (Phi) is 2.24. The first kappa shape index (κ1) is 7.04. The molecule has 0 saturated heterocycles. The molecule has 1 aromatic carbocycles. The molecule has 1 nitrogen and oxygen atoms in total. The van der Waals surface area contributed by atoms with Crippen LogP contribution in [-0.2, 0) is 0 Å². The van der Waals surface area contributed by atoms with Crippen molar-refractivity contribution >= 4 is 12.6 Å². The number of rotatable bonds is 0. The van der Waals surface area contributed by atoms with Gasteiger partial charge in [-0.3, -0.25) is 0 Å². The van der Waals surface area contributed by atoms with Crippen LogP contribution in [0.1, 0.15) is 5.56 Å². The zero-order chi connectivity index (χ0) is 7.40. The van der Waals surface area contributed by atoms with Gasteiger partial charge in [-0.1, -0.05) is 42.5 Å². The minimum absolute atomic E-state index is 0.0518. The van der Waals surface area contributed by atoms with Crippen LogP contribution in [0.2, 0.25) is 0 Å². The summed E-state index contributed by atoms with van der Waals surface area (Å²) < 4.78 is 0. The Hall–Kier alpha value is -1.07. The van der Waals surface area contributed by atoms with Crippen molar-refractivity contribution in [2.24, 2.45) is 0 Å². The third-order valence-corrected chi connectivity index (χ3v) is 1.19. The van der Waals surface area contributed by atoms with E-state index in [0.717, 1.165) is 0 Å². The van der Waals surface area contributed by atoms with Gasteiger partial charge in [0.15, 0.2) is 0 Å². The van der Waals surface area contributed by atoms with E-state index in [-0.39, 0.29) is 5.75 Å². The molecule has 0 heterocycles. The van der Waals surface area contributed by atoms with Crippen LogP contribution in [0.25, 0.3) is 0 Å². The average Bonchev–Trinajstić information content (AvgIpc) is 1.94. The molecule has 0 N–H and O–H groups in total. The SMILES string of the molecule is [O-]c1ccccc1C#CS. The van der Waals surface area contributed by atoms with Crippen molar-refractivity contribution in [3.8, 4) is 16.9 Å². The standard InChI is InChI=1S/C8H6OS/c9-8-4-2-1-3-7(8)5-6-10/h1-4,9-10H/p-1. The highest BCUT2D eigenvalue weighted by Gasteiger charge is 1.83. The second-order valence-electron chi connectivity index (χ2n) is 1.73. The summed E-state index contributed by atoms with van der Waals surface area (Å²) in [5.41, 5.74) is 0.498. The van der Waals surface area contributed by atoms with Gasteiger partial charge in [0.25, 0.3) is 0 Å². The van der Waals surface area contributed by atoms with E-state index >= 15 is 0 Å². The average molecular weight is 149 g/mol. The van der Waals surface area contributed by atoms with E-state index in [2.05, 4.69) is 23.8 Å². The van der Waals surface area contributed by atoms with E-state index in [0.29, 0.717) is 5.56 Å². The van der Waals surface area contributed by atoms with E-state index in [1.54, 1.807) is 18.2 Å². The predicted molar refractivity (Wildman–Crippen MR) is 41.8 cm³/mol. The molecule has 0 atom stereocenters. The van der Waals surface area contributed by atoms with Gasteiger partial charge in [0.2, 0.25) is 0 Å². The quantitative estimate of drug-likeness (QED) is 0.431. The first-order chi connectivity index (χ1) is 4.84. The second kappa shape index (κ2) is 3.19. The molecule has 0 radical (unpaired) electrons. The van der Waals surface area contributed by atoms with E-state index in [9.17, 15) is 5.11 Å². The van der Waals surface area contributed by atoms with Crippen LogP contribution in [0.4, 0.5) is 0 Å². The monoisotopic (exact) mass is 149 g/mol. The van der Waals surface area contributed by atoms with Gasteiger partial charge in [-0.25, -0.2) is 0 Å². The van der Waals surface area contributed by atoms with Gasteiger partial charge in [-0.15, -0.1) is 0 Å². The smallest absolute Gasteiger partial charge is 0.0175 e. The Bertz CT molecular complexity index is 283. The van der Waals surface area contributed by atoms with Gasteiger partial charge in [-0.2, -0.15) is 0 Å². The second-order valence-corrected chi connectivity index (χ2v) is 1.96. The first-order valence-electron chi connectivity index (χ1n) is 2.76. The molecule has 0 aliphatic carbocycles. The van der Waals surface area contributed by atoms with Gasteiger partial charge in [0.1, 0.15) is 0 Å². The van der Waals surface area contributed by atoms with Crippen LogP contribution in [0.15, 0.2) is 24.3 Å². The zero-order valence-electron chi connectivity index (χ0n) is 5.16. The number of para-hydroxylation sites is 1. The minimum Gasteiger partial charge on any atom is -0.872 e. The topological polar surface area (TPSA) is 23.1 Å². The van der Waals surface area contributed by atoms with Gasteiger partial charge in [0, 0.05) is 5.56 Å². The summed E-state index contributed by atoms with van der Waals surface area (Å²) >= 11 is 3.68. The van der Waals surface area contributed by atoms with Crippen molar-refractivity contribution in [1.82, 2.24) is 0 Å². The fraction of sp³-hybridized carbons (Fsp3) is 0. The molecule has 0 spiro atoms. The van der Waals surface area contributed by atoms with Crippen molar-refractivity contribution in [3.05, 3.63) is 29.8 Å². The number of thiol groups is 1. The summed E-state index contributed by atoms with van der Waals surface area (Å²) in [5, 5.41) is 13.2. The van der Waals surface area contributed by atoms with Gasteiger partial charge in [0.05, 0.1) is 0 Å². The van der Waals surface area contributed by atoms with Crippen molar-refractivity contribution in [3.63, 3.8) is 0 Å². The van der Waals surface area contributed by atoms with Crippen LogP contribution in [0.3, 0.4) is 0 Å². The van der Waals surface area contributed by atoms with Crippen LogP contribution < -0.4 is 5.11 Å². The van der Waals surface area contributed by atoms with Crippen molar-refractivity contribution in [2.45, 2.75) is 0 Å². The fourth-order valence-corrected chi connectivity index (χ4v) is 0.751. The van der Waals surface area contributed by atoms with Gasteiger partial charge in [-0.05, 0) is 11.3 Å². The number of hydrogen-bond acceptors (Lipinski definition) is 2. The molecule has 0 saturated carbocycles. The highest BCUT2D eigenvalue weighted by Crippen LogP contribution is 2.09. The maximum atomic E-state index is 10.9. The van der Waals surface area contributed by atoms with Gasteiger partial charge < -0.3 is 5.11 Å². The van der Waals surface area contributed by atoms with Crippen LogP contribution >= 0.6 is 12.6 Å². The third-order valence-electron chi connectivity index (χ3n) is 1.08. The molecule has 1 rings (SSSR count). The maximum absolute atomic E-state index is 10.9. The Balaban J connectivity index is 3.11. The normalized spacial score (nSPS) is 8.10. The molecule has 0 amide bonds. The predicted octanol–water partition coefficient (Wildman–Crippen LogP) is 0.999. The molecule has 1 aromatic rings. The maximum Gasteiger partial charge on any atom is 0.0175 e. The van der Waals surface area contributed by atoms with Crippen LogP contribution in [0, 0.1) is 11.2 Å². The lowest BCUT2D eigenvalue weighted by Gasteiger charge is -2.05. The number of benzene rings is 1. The molecule has 0 aliphatic heterocycles. The van der Waals surface area contributed by atoms with E-state index in [1.807, 2.05) is 0 Å².